The summed E-state index contributed by atoms with van der Waals surface area (Å²) in [5.41, 5.74) is 0. The normalized spacial score (nSPS) is 11.3. The summed E-state index contributed by atoms with van der Waals surface area (Å²) in [5, 5.41) is 14.4. The van der Waals surface area contributed by atoms with E-state index in [0.717, 1.165) is 25.8 Å². The van der Waals surface area contributed by atoms with Crippen molar-refractivity contribution in [2.45, 2.75) is 71.8 Å². The van der Waals surface area contributed by atoms with E-state index in [-0.39, 0.29) is 0 Å². The molecule has 0 saturated carbocycles. The van der Waals surface area contributed by atoms with Crippen molar-refractivity contribution < 1.29 is 0 Å². The van der Waals surface area contributed by atoms with E-state index in [0.29, 0.717) is 6.04 Å². The molecule has 3 nitrogen and oxygen atoms in total. The number of hydrogen-bond donors (Lipinski definition) is 1. The second-order valence-electron chi connectivity index (χ2n) is 5.11. The van der Waals surface area contributed by atoms with Crippen LogP contribution >= 0.6 is 11.3 Å². The molecule has 0 fully saturated rings. The van der Waals surface area contributed by atoms with Crippen LogP contribution in [0.1, 0.15) is 62.9 Å². The van der Waals surface area contributed by atoms with Crippen molar-refractivity contribution in [3.05, 3.63) is 10.0 Å². The molecule has 0 aliphatic carbocycles. The smallest absolute Gasteiger partial charge is 0.117 e. The lowest BCUT2D eigenvalue weighted by molar-refractivity contribution is 0.569. The van der Waals surface area contributed by atoms with Gasteiger partial charge in [0, 0.05) is 18.9 Å². The van der Waals surface area contributed by atoms with Crippen molar-refractivity contribution in [1.82, 2.24) is 15.5 Å². The monoisotopic (exact) mass is 269 g/mol. The molecule has 0 amide bonds. The molecule has 1 rings (SSSR count). The molecule has 18 heavy (non-hydrogen) atoms. The lowest BCUT2D eigenvalue weighted by Crippen LogP contribution is -2.23. The van der Waals surface area contributed by atoms with Gasteiger partial charge in [-0.3, -0.25) is 0 Å². The van der Waals surface area contributed by atoms with Crippen molar-refractivity contribution in [3.8, 4) is 0 Å². The minimum Gasteiger partial charge on any atom is -0.315 e. The SMILES string of the molecule is CCCCCCc1nnc(CCCNC(C)C)s1. The van der Waals surface area contributed by atoms with Gasteiger partial charge in [0.15, 0.2) is 0 Å². The average molecular weight is 269 g/mol. The lowest BCUT2D eigenvalue weighted by atomic mass is 10.2. The number of hydrogen-bond acceptors (Lipinski definition) is 4. The Labute approximate surface area is 115 Å². The Kier molecular flexibility index (Phi) is 8.18. The second kappa shape index (κ2) is 9.45. The van der Waals surface area contributed by atoms with Crippen molar-refractivity contribution in [1.29, 1.82) is 0 Å². The molecule has 104 valence electrons. The third kappa shape index (κ3) is 7.07. The van der Waals surface area contributed by atoms with Gasteiger partial charge in [0.1, 0.15) is 10.0 Å². The van der Waals surface area contributed by atoms with Crippen LogP contribution in [0.5, 0.6) is 0 Å². The summed E-state index contributed by atoms with van der Waals surface area (Å²) >= 11 is 1.80. The summed E-state index contributed by atoms with van der Waals surface area (Å²) in [6.07, 6.45) is 8.55. The highest BCUT2D eigenvalue weighted by Crippen LogP contribution is 2.14. The van der Waals surface area contributed by atoms with Gasteiger partial charge in [-0.1, -0.05) is 40.0 Å². The van der Waals surface area contributed by atoms with Gasteiger partial charge in [-0.05, 0) is 19.4 Å². The quantitative estimate of drug-likeness (QED) is 0.660. The third-order valence-corrected chi connectivity index (χ3v) is 3.92. The summed E-state index contributed by atoms with van der Waals surface area (Å²) in [6.45, 7) is 7.68. The summed E-state index contributed by atoms with van der Waals surface area (Å²) in [6, 6.07) is 0.577. The van der Waals surface area contributed by atoms with E-state index in [9.17, 15) is 0 Å². The Bertz CT molecular complexity index is 310. The highest BCUT2D eigenvalue weighted by atomic mass is 32.1. The van der Waals surface area contributed by atoms with Gasteiger partial charge in [0.25, 0.3) is 0 Å². The van der Waals surface area contributed by atoms with Gasteiger partial charge >= 0.3 is 0 Å². The largest absolute Gasteiger partial charge is 0.315 e. The zero-order valence-corrected chi connectivity index (χ0v) is 12.9. The zero-order chi connectivity index (χ0) is 13.2. The first-order chi connectivity index (χ1) is 8.72. The van der Waals surface area contributed by atoms with Crippen LogP contribution in [0, 0.1) is 0 Å². The van der Waals surface area contributed by atoms with E-state index in [2.05, 4.69) is 36.3 Å². The molecule has 0 radical (unpaired) electrons. The molecule has 1 aromatic heterocycles. The van der Waals surface area contributed by atoms with Gasteiger partial charge in [0.2, 0.25) is 0 Å². The molecule has 1 N–H and O–H groups in total. The van der Waals surface area contributed by atoms with Crippen LogP contribution in [0.3, 0.4) is 0 Å². The first-order valence-electron chi connectivity index (χ1n) is 7.27. The van der Waals surface area contributed by atoms with Crippen LogP contribution in [0.4, 0.5) is 0 Å². The van der Waals surface area contributed by atoms with E-state index < -0.39 is 0 Å². The minimum atomic E-state index is 0.577. The maximum atomic E-state index is 4.28. The van der Waals surface area contributed by atoms with Crippen LogP contribution in [0.25, 0.3) is 0 Å². The Morgan fingerprint density at radius 3 is 2.28 bits per heavy atom. The minimum absolute atomic E-state index is 0.577. The molecular formula is C14H27N3S. The molecular weight excluding hydrogens is 242 g/mol. The van der Waals surface area contributed by atoms with Crippen molar-refractivity contribution in [3.63, 3.8) is 0 Å². The standard InChI is InChI=1S/C14H27N3S/c1-4-5-6-7-9-13-16-17-14(18-13)10-8-11-15-12(2)3/h12,15H,4-11H2,1-3H3. The number of rotatable bonds is 10. The van der Waals surface area contributed by atoms with Gasteiger partial charge in [-0.15, -0.1) is 21.5 Å². The summed E-state index contributed by atoms with van der Waals surface area (Å²) in [4.78, 5) is 0. The number of aromatic nitrogens is 2. The Morgan fingerprint density at radius 1 is 1.00 bits per heavy atom. The molecule has 0 atom stereocenters. The van der Waals surface area contributed by atoms with Crippen molar-refractivity contribution in [2.24, 2.45) is 0 Å². The Morgan fingerprint density at radius 2 is 1.67 bits per heavy atom. The van der Waals surface area contributed by atoms with E-state index in [1.54, 1.807) is 11.3 Å². The lowest BCUT2D eigenvalue weighted by Gasteiger charge is -2.05. The Balaban J connectivity index is 2.13. The van der Waals surface area contributed by atoms with Crippen LogP contribution < -0.4 is 5.32 Å². The van der Waals surface area contributed by atoms with Crippen LogP contribution in [0.15, 0.2) is 0 Å². The molecule has 0 aliphatic rings. The van der Waals surface area contributed by atoms with Gasteiger partial charge in [-0.2, -0.15) is 0 Å². The summed E-state index contributed by atoms with van der Waals surface area (Å²) in [5.74, 6) is 0. The third-order valence-electron chi connectivity index (χ3n) is 2.87. The van der Waals surface area contributed by atoms with Crippen molar-refractivity contribution >= 4 is 11.3 Å². The topological polar surface area (TPSA) is 37.8 Å². The maximum absolute atomic E-state index is 4.28. The molecule has 4 heteroatoms. The molecule has 0 aromatic carbocycles. The second-order valence-corrected chi connectivity index (χ2v) is 6.26. The highest BCUT2D eigenvalue weighted by molar-refractivity contribution is 7.11. The van der Waals surface area contributed by atoms with E-state index in [1.165, 1.54) is 35.7 Å². The number of aryl methyl sites for hydroxylation is 2. The van der Waals surface area contributed by atoms with Crippen LogP contribution in [-0.2, 0) is 12.8 Å². The first-order valence-corrected chi connectivity index (χ1v) is 8.08. The predicted octanol–water partition coefficient (Wildman–Crippen LogP) is 3.59. The first kappa shape index (κ1) is 15.6. The van der Waals surface area contributed by atoms with Crippen molar-refractivity contribution in [2.75, 3.05) is 6.54 Å². The molecule has 0 bridgehead atoms. The number of nitrogens with zero attached hydrogens (tertiary/aromatic N) is 2. The van der Waals surface area contributed by atoms with Gasteiger partial charge in [0.05, 0.1) is 0 Å². The molecule has 0 spiro atoms. The molecule has 0 unspecified atom stereocenters. The highest BCUT2D eigenvalue weighted by Gasteiger charge is 2.04. The Hall–Kier alpha value is -0.480. The van der Waals surface area contributed by atoms with Gasteiger partial charge < -0.3 is 5.32 Å². The fourth-order valence-electron chi connectivity index (χ4n) is 1.82. The summed E-state index contributed by atoms with van der Waals surface area (Å²) < 4.78 is 0. The average Bonchev–Trinajstić information content (AvgIpc) is 2.78. The van der Waals surface area contributed by atoms with Crippen LogP contribution in [-0.4, -0.2) is 22.8 Å². The fraction of sp³-hybridized carbons (Fsp3) is 0.857. The molecule has 1 aromatic rings. The zero-order valence-electron chi connectivity index (χ0n) is 12.0. The fourth-order valence-corrected chi connectivity index (χ4v) is 2.75. The number of unbranched alkanes of at least 4 members (excludes halogenated alkanes) is 3. The summed E-state index contributed by atoms with van der Waals surface area (Å²) in [7, 11) is 0. The van der Waals surface area contributed by atoms with Crippen LogP contribution in [0.2, 0.25) is 0 Å². The number of nitrogens with one attached hydrogen (secondary N) is 1. The maximum Gasteiger partial charge on any atom is 0.117 e. The van der Waals surface area contributed by atoms with E-state index >= 15 is 0 Å². The molecule has 0 aliphatic heterocycles. The van der Waals surface area contributed by atoms with Gasteiger partial charge in [-0.25, -0.2) is 0 Å². The molecule has 0 saturated heterocycles. The van der Waals surface area contributed by atoms with E-state index in [1.807, 2.05) is 0 Å². The van der Waals surface area contributed by atoms with E-state index in [4.69, 9.17) is 0 Å². The molecule has 1 heterocycles. The predicted molar refractivity (Wildman–Crippen MR) is 79.2 cm³/mol.